The van der Waals surface area contributed by atoms with Crippen LogP contribution in [0.3, 0.4) is 0 Å². The second-order valence-electron chi connectivity index (χ2n) is 7.42. The number of piperidine rings is 1. The highest BCUT2D eigenvalue weighted by molar-refractivity contribution is 5.86. The van der Waals surface area contributed by atoms with Crippen molar-refractivity contribution in [2.75, 3.05) is 13.7 Å². The molecule has 1 saturated carbocycles. The number of benzene rings is 1. The molecule has 1 aliphatic carbocycles. The molecule has 1 aromatic carbocycles. The lowest BCUT2D eigenvalue weighted by molar-refractivity contribution is -0.165. The Morgan fingerprint density at radius 1 is 1.27 bits per heavy atom. The number of hydrogen-bond acceptors (Lipinski definition) is 5. The van der Waals surface area contributed by atoms with Crippen LogP contribution in [0.25, 0.3) is 0 Å². The number of fused-ring (bicyclic) bond motifs is 3. The van der Waals surface area contributed by atoms with Gasteiger partial charge in [-0.3, -0.25) is 4.79 Å². The van der Waals surface area contributed by atoms with Crippen LogP contribution in [-0.4, -0.2) is 49.0 Å². The lowest BCUT2D eigenvalue weighted by Gasteiger charge is -2.49. The fraction of sp³-hybridized carbons (Fsp3) is 0.550. The molecule has 2 heterocycles. The van der Waals surface area contributed by atoms with E-state index in [4.69, 9.17) is 9.47 Å². The van der Waals surface area contributed by atoms with Crippen molar-refractivity contribution in [3.63, 3.8) is 0 Å². The van der Waals surface area contributed by atoms with Crippen molar-refractivity contribution in [1.82, 2.24) is 4.90 Å². The van der Waals surface area contributed by atoms with Gasteiger partial charge in [-0.15, -0.1) is 0 Å². The Kier molecular flexibility index (Phi) is 4.53. The summed E-state index contributed by atoms with van der Waals surface area (Å²) in [5.74, 6) is -0.437. The molecule has 3 fully saturated rings. The monoisotopic (exact) mass is 357 g/mol. The molecular weight excluding hydrogens is 334 g/mol. The first-order chi connectivity index (χ1) is 12.7. The van der Waals surface area contributed by atoms with E-state index in [1.807, 2.05) is 30.3 Å². The van der Waals surface area contributed by atoms with Gasteiger partial charge in [0.15, 0.2) is 6.04 Å². The molecule has 0 radical (unpaired) electrons. The van der Waals surface area contributed by atoms with Crippen LogP contribution in [0.1, 0.15) is 30.7 Å². The molecular formula is C20H23NO5. The number of carbonyl (C=O) groups excluding carboxylic acids is 3. The topological polar surface area (TPSA) is 72.9 Å². The second kappa shape index (κ2) is 6.83. The summed E-state index contributed by atoms with van der Waals surface area (Å²) in [7, 11) is 1.32. The van der Waals surface area contributed by atoms with Crippen LogP contribution >= 0.6 is 0 Å². The molecule has 6 atom stereocenters. The Balaban J connectivity index is 1.72. The van der Waals surface area contributed by atoms with Crippen molar-refractivity contribution in [2.24, 2.45) is 17.8 Å². The zero-order valence-electron chi connectivity index (χ0n) is 14.7. The van der Waals surface area contributed by atoms with Crippen LogP contribution in [0.2, 0.25) is 0 Å². The largest absolute Gasteiger partial charge is 0.467 e. The minimum Gasteiger partial charge on any atom is -0.467 e. The van der Waals surface area contributed by atoms with Gasteiger partial charge in [0.2, 0.25) is 5.91 Å². The van der Waals surface area contributed by atoms with E-state index in [-0.39, 0.29) is 36.2 Å². The van der Waals surface area contributed by atoms with Gasteiger partial charge < -0.3 is 19.2 Å². The van der Waals surface area contributed by atoms with E-state index >= 15 is 0 Å². The number of amides is 1. The van der Waals surface area contributed by atoms with E-state index in [1.54, 1.807) is 4.90 Å². The number of ether oxygens (including phenoxy) is 2. The standard InChI is InChI=1S/C20H23NO5/c1-25-20(24)15-11-26-19-18-13(9-16(23)21(15)19)7-8-14(10-22)17(18)12-5-3-2-4-6-12/h2-6,10,13-15,17-19H,7-9,11H2,1H3/t13-,14-,15+,17-,18-,19-/m0/s1. The van der Waals surface area contributed by atoms with E-state index < -0.39 is 18.2 Å². The summed E-state index contributed by atoms with van der Waals surface area (Å²) in [6.45, 7) is 0.152. The maximum absolute atomic E-state index is 12.7. The molecule has 0 unspecified atom stereocenters. The van der Waals surface area contributed by atoms with Crippen LogP contribution < -0.4 is 0 Å². The van der Waals surface area contributed by atoms with Crippen LogP contribution in [0.4, 0.5) is 0 Å². The maximum Gasteiger partial charge on any atom is 0.331 e. The van der Waals surface area contributed by atoms with Gasteiger partial charge >= 0.3 is 5.97 Å². The van der Waals surface area contributed by atoms with Crippen LogP contribution in [0.5, 0.6) is 0 Å². The van der Waals surface area contributed by atoms with Gasteiger partial charge in [0, 0.05) is 24.2 Å². The van der Waals surface area contributed by atoms with Crippen LogP contribution in [0.15, 0.2) is 30.3 Å². The molecule has 0 N–H and O–H groups in total. The lowest BCUT2D eigenvalue weighted by atomic mass is 9.61. The summed E-state index contributed by atoms with van der Waals surface area (Å²) in [5, 5.41) is 0. The smallest absolute Gasteiger partial charge is 0.331 e. The summed E-state index contributed by atoms with van der Waals surface area (Å²) < 4.78 is 10.8. The highest BCUT2D eigenvalue weighted by Crippen LogP contribution is 2.52. The fourth-order valence-electron chi connectivity index (χ4n) is 5.09. The molecule has 4 rings (SSSR count). The Morgan fingerprint density at radius 2 is 2.04 bits per heavy atom. The number of carbonyl (C=O) groups is 3. The van der Waals surface area contributed by atoms with Crippen LogP contribution in [-0.2, 0) is 23.9 Å². The number of hydrogen-bond donors (Lipinski definition) is 0. The summed E-state index contributed by atoms with van der Waals surface area (Å²) in [6, 6.07) is 9.29. The third kappa shape index (κ3) is 2.63. The van der Waals surface area contributed by atoms with Crippen molar-refractivity contribution < 1.29 is 23.9 Å². The average Bonchev–Trinajstić information content (AvgIpc) is 3.13. The minimum absolute atomic E-state index is 0.00806. The highest BCUT2D eigenvalue weighted by Gasteiger charge is 2.56. The van der Waals surface area contributed by atoms with E-state index in [0.29, 0.717) is 6.42 Å². The van der Waals surface area contributed by atoms with Gasteiger partial charge in [-0.25, -0.2) is 4.79 Å². The molecule has 138 valence electrons. The van der Waals surface area contributed by atoms with Crippen LogP contribution in [0, 0.1) is 17.8 Å². The van der Waals surface area contributed by atoms with Crippen molar-refractivity contribution in [1.29, 1.82) is 0 Å². The predicted octanol–water partition coefficient (Wildman–Crippen LogP) is 1.74. The first-order valence-electron chi connectivity index (χ1n) is 9.16. The molecule has 1 amide bonds. The number of esters is 1. The SMILES string of the molecule is COC(=O)[C@H]1CO[C@H]2[C@H]3[C@@H](CC[C@@H](C=O)[C@@H]3c3ccccc3)CC(=O)N12. The number of methoxy groups -OCH3 is 1. The Morgan fingerprint density at radius 3 is 2.73 bits per heavy atom. The first kappa shape index (κ1) is 17.2. The van der Waals surface area contributed by atoms with Crippen molar-refractivity contribution in [3.8, 4) is 0 Å². The number of nitrogens with zero attached hydrogens (tertiary/aromatic N) is 1. The van der Waals surface area contributed by atoms with Gasteiger partial charge in [0.25, 0.3) is 0 Å². The summed E-state index contributed by atoms with van der Waals surface area (Å²) in [5.41, 5.74) is 1.10. The molecule has 3 aliphatic rings. The maximum atomic E-state index is 12.7. The molecule has 6 nitrogen and oxygen atoms in total. The van der Waals surface area contributed by atoms with Gasteiger partial charge in [0.1, 0.15) is 12.5 Å². The molecule has 1 aromatic rings. The van der Waals surface area contributed by atoms with E-state index in [0.717, 1.165) is 24.7 Å². The van der Waals surface area contributed by atoms with E-state index in [9.17, 15) is 14.4 Å². The molecule has 0 bridgehead atoms. The first-order valence-corrected chi connectivity index (χ1v) is 9.16. The van der Waals surface area contributed by atoms with E-state index in [1.165, 1.54) is 7.11 Å². The van der Waals surface area contributed by atoms with Gasteiger partial charge in [0.05, 0.1) is 13.7 Å². The molecule has 2 saturated heterocycles. The fourth-order valence-corrected chi connectivity index (χ4v) is 5.09. The zero-order chi connectivity index (χ0) is 18.3. The predicted molar refractivity (Wildman–Crippen MR) is 92.0 cm³/mol. The minimum atomic E-state index is -0.688. The van der Waals surface area contributed by atoms with Gasteiger partial charge in [-0.1, -0.05) is 30.3 Å². The molecule has 0 spiro atoms. The Labute approximate surface area is 152 Å². The third-order valence-corrected chi connectivity index (χ3v) is 6.21. The van der Waals surface area contributed by atoms with E-state index in [2.05, 4.69) is 0 Å². The number of rotatable bonds is 3. The third-order valence-electron chi connectivity index (χ3n) is 6.21. The average molecular weight is 357 g/mol. The van der Waals surface area contributed by atoms with Crippen molar-refractivity contribution >= 4 is 18.2 Å². The lowest BCUT2D eigenvalue weighted by Crippen LogP contribution is -2.57. The van der Waals surface area contributed by atoms with Crippen molar-refractivity contribution in [3.05, 3.63) is 35.9 Å². The quantitative estimate of drug-likeness (QED) is 0.609. The highest BCUT2D eigenvalue weighted by atomic mass is 16.5. The summed E-state index contributed by atoms with van der Waals surface area (Å²) in [4.78, 5) is 38.2. The normalized spacial score (nSPS) is 36.2. The summed E-state index contributed by atoms with van der Waals surface area (Å²) >= 11 is 0. The molecule has 26 heavy (non-hydrogen) atoms. The Hall–Kier alpha value is -2.21. The molecule has 6 heteroatoms. The summed E-state index contributed by atoms with van der Waals surface area (Å²) in [6.07, 6.45) is 2.58. The van der Waals surface area contributed by atoms with Crippen molar-refractivity contribution in [2.45, 2.75) is 37.5 Å². The number of aldehydes is 1. The zero-order valence-corrected chi connectivity index (χ0v) is 14.7. The molecule has 0 aromatic heterocycles. The van der Waals surface area contributed by atoms with Gasteiger partial charge in [-0.05, 0) is 24.3 Å². The molecule has 2 aliphatic heterocycles. The van der Waals surface area contributed by atoms with Gasteiger partial charge in [-0.2, -0.15) is 0 Å². The Bertz CT molecular complexity index is 705. The second-order valence-corrected chi connectivity index (χ2v) is 7.42.